The minimum Gasteiger partial charge on any atom is -0.465 e. The molecule has 0 N–H and O–H groups in total. The average Bonchev–Trinajstić information content (AvgIpc) is 2.64. The topological polar surface area (TPSA) is 61.8 Å². The first kappa shape index (κ1) is 26.1. The number of hydrogen-bond acceptors (Lipinski definition) is 5. The molecule has 5 nitrogen and oxygen atoms in total. The molecule has 168 valence electrons. The summed E-state index contributed by atoms with van der Waals surface area (Å²) in [6.07, 6.45) is 3.43. The third-order valence-corrected chi connectivity index (χ3v) is 10.2. The van der Waals surface area contributed by atoms with Gasteiger partial charge in [-0.05, 0) is 44.5 Å². The Morgan fingerprint density at radius 3 is 1.93 bits per heavy atom. The fourth-order valence-electron chi connectivity index (χ4n) is 2.92. The Bertz CT molecular complexity index is 688. The van der Waals surface area contributed by atoms with Gasteiger partial charge in [0.25, 0.3) is 0 Å². The highest BCUT2D eigenvalue weighted by Gasteiger charge is 2.44. The van der Waals surface area contributed by atoms with Crippen molar-refractivity contribution in [2.45, 2.75) is 65.8 Å². The van der Waals surface area contributed by atoms with E-state index in [1.807, 2.05) is 49.4 Å². The maximum atomic E-state index is 12.8. The fourth-order valence-corrected chi connectivity index (χ4v) is 4.36. The summed E-state index contributed by atoms with van der Waals surface area (Å²) >= 11 is 0. The van der Waals surface area contributed by atoms with E-state index in [2.05, 4.69) is 33.9 Å². The lowest BCUT2D eigenvalue weighted by molar-refractivity contribution is -0.165. The molecule has 1 aromatic rings. The lowest BCUT2D eigenvalue weighted by Gasteiger charge is -2.40. The molecule has 1 rings (SSSR count). The zero-order valence-corrected chi connectivity index (χ0v) is 20.7. The molecule has 0 aliphatic heterocycles. The van der Waals surface area contributed by atoms with Crippen LogP contribution in [0.2, 0.25) is 18.1 Å². The Balaban J connectivity index is 3.35. The molecule has 0 bridgehead atoms. The van der Waals surface area contributed by atoms with E-state index in [1.165, 1.54) is 0 Å². The highest BCUT2D eigenvalue weighted by Crippen LogP contribution is 2.39. The van der Waals surface area contributed by atoms with Gasteiger partial charge in [0.1, 0.15) is 0 Å². The monoisotopic (exact) mass is 434 g/mol. The first-order valence-corrected chi connectivity index (χ1v) is 13.6. The van der Waals surface area contributed by atoms with Gasteiger partial charge < -0.3 is 13.9 Å². The second kappa shape index (κ2) is 11.5. The van der Waals surface area contributed by atoms with Crippen LogP contribution in [0.3, 0.4) is 0 Å². The molecule has 0 saturated heterocycles. The van der Waals surface area contributed by atoms with Gasteiger partial charge in [-0.15, -0.1) is 0 Å². The zero-order valence-electron chi connectivity index (χ0n) is 19.7. The van der Waals surface area contributed by atoms with Crippen LogP contribution in [0.15, 0.2) is 36.4 Å². The largest absolute Gasteiger partial charge is 0.465 e. The van der Waals surface area contributed by atoms with E-state index >= 15 is 0 Å². The van der Waals surface area contributed by atoms with Crippen molar-refractivity contribution in [2.24, 2.45) is 11.8 Å². The molecule has 0 aliphatic rings. The minimum atomic E-state index is -2.13. The number of ether oxygens (including phenoxy) is 2. The van der Waals surface area contributed by atoms with Crippen molar-refractivity contribution in [2.75, 3.05) is 13.2 Å². The normalized spacial score (nSPS) is 14.6. The molecule has 6 heteroatoms. The van der Waals surface area contributed by atoms with Crippen LogP contribution in [0.1, 0.15) is 47.1 Å². The third-order valence-electron chi connectivity index (χ3n) is 5.61. The molecular formula is C24H38O5Si. The number of benzene rings is 1. The summed E-state index contributed by atoms with van der Waals surface area (Å²) in [5.41, 5.74) is 0.980. The summed E-state index contributed by atoms with van der Waals surface area (Å²) in [5.74, 6) is -2.75. The van der Waals surface area contributed by atoms with Crippen LogP contribution in [0.5, 0.6) is 0 Å². The first-order valence-electron chi connectivity index (χ1n) is 10.7. The second-order valence-electron chi connectivity index (χ2n) is 8.91. The summed E-state index contributed by atoms with van der Waals surface area (Å²) in [6, 6.07) is 9.77. The van der Waals surface area contributed by atoms with E-state index in [0.29, 0.717) is 0 Å². The molecule has 0 radical (unpaired) electrons. The van der Waals surface area contributed by atoms with E-state index in [-0.39, 0.29) is 24.4 Å². The van der Waals surface area contributed by atoms with E-state index < -0.39 is 32.1 Å². The molecule has 30 heavy (non-hydrogen) atoms. The van der Waals surface area contributed by atoms with Crippen LogP contribution in [0.4, 0.5) is 0 Å². The lowest BCUT2D eigenvalue weighted by atomic mass is 9.87. The maximum absolute atomic E-state index is 12.8. The van der Waals surface area contributed by atoms with Crippen molar-refractivity contribution in [1.82, 2.24) is 0 Å². The minimum absolute atomic E-state index is 0.00168. The average molecular weight is 435 g/mol. The molecule has 2 atom stereocenters. The molecule has 0 saturated carbocycles. The van der Waals surface area contributed by atoms with Crippen molar-refractivity contribution in [1.29, 1.82) is 0 Å². The zero-order chi connectivity index (χ0) is 22.9. The van der Waals surface area contributed by atoms with Gasteiger partial charge in [-0.3, -0.25) is 9.59 Å². The fraction of sp³-hybridized carbons (Fsp3) is 0.583. The van der Waals surface area contributed by atoms with Crippen LogP contribution in [-0.4, -0.2) is 39.6 Å². The summed E-state index contributed by atoms with van der Waals surface area (Å²) in [7, 11) is -2.13. The number of rotatable bonds is 10. The smallest absolute Gasteiger partial charge is 0.321 e. The SMILES string of the molecule is CCOC(=O)C(C(=O)OCC)[C@H](/C=C/c1ccccc1)[C@H](C)O[Si](C)(C)C(C)(C)C. The van der Waals surface area contributed by atoms with E-state index in [1.54, 1.807) is 13.8 Å². The molecule has 0 aromatic heterocycles. The molecule has 0 fully saturated rings. The molecule has 0 amide bonds. The number of hydrogen-bond donors (Lipinski definition) is 0. The van der Waals surface area contributed by atoms with E-state index in [9.17, 15) is 9.59 Å². The Morgan fingerprint density at radius 2 is 1.50 bits per heavy atom. The van der Waals surface area contributed by atoms with Crippen LogP contribution in [-0.2, 0) is 23.5 Å². The molecule has 0 unspecified atom stereocenters. The van der Waals surface area contributed by atoms with Crippen LogP contribution >= 0.6 is 0 Å². The van der Waals surface area contributed by atoms with Gasteiger partial charge >= 0.3 is 11.9 Å². The van der Waals surface area contributed by atoms with Gasteiger partial charge in [0.15, 0.2) is 14.2 Å². The first-order chi connectivity index (χ1) is 13.9. The summed E-state index contributed by atoms with van der Waals surface area (Å²) < 4.78 is 17.0. The highest BCUT2D eigenvalue weighted by molar-refractivity contribution is 6.74. The van der Waals surface area contributed by atoms with E-state index in [0.717, 1.165) is 5.56 Å². The molecule has 0 heterocycles. The predicted molar refractivity (Wildman–Crippen MR) is 123 cm³/mol. The quantitative estimate of drug-likeness (QED) is 0.278. The van der Waals surface area contributed by atoms with Crippen LogP contribution in [0, 0.1) is 11.8 Å². The standard InChI is InChI=1S/C24H38O5Si/c1-9-27-22(25)21(23(26)28-10-2)20(17-16-19-14-12-11-13-15-19)18(3)29-30(7,8)24(4,5)6/h11-18,20-21H,9-10H2,1-8H3/b17-16+/t18-,20+/m0/s1. The van der Waals surface area contributed by atoms with Gasteiger partial charge in [0.2, 0.25) is 0 Å². The van der Waals surface area contributed by atoms with Gasteiger partial charge in [-0.25, -0.2) is 0 Å². The Labute approximate surface area is 182 Å². The molecular weight excluding hydrogens is 396 g/mol. The van der Waals surface area contributed by atoms with E-state index in [4.69, 9.17) is 13.9 Å². The van der Waals surface area contributed by atoms with Gasteiger partial charge in [-0.2, -0.15) is 0 Å². The van der Waals surface area contributed by atoms with Crippen molar-refractivity contribution < 1.29 is 23.5 Å². The Morgan fingerprint density at radius 1 is 1.00 bits per heavy atom. The Kier molecular flexibility index (Phi) is 9.98. The highest BCUT2D eigenvalue weighted by atomic mass is 28.4. The summed E-state index contributed by atoms with van der Waals surface area (Å²) in [4.78, 5) is 25.6. The number of esters is 2. The van der Waals surface area contributed by atoms with Crippen molar-refractivity contribution >= 4 is 26.3 Å². The predicted octanol–water partition coefficient (Wildman–Crippen LogP) is 5.47. The maximum Gasteiger partial charge on any atom is 0.321 e. The second-order valence-corrected chi connectivity index (χ2v) is 13.7. The van der Waals surface area contributed by atoms with Gasteiger partial charge in [0, 0.05) is 12.0 Å². The third kappa shape index (κ3) is 7.40. The molecule has 0 aliphatic carbocycles. The number of carbonyl (C=O) groups is 2. The number of carbonyl (C=O) groups excluding carboxylic acids is 2. The Hall–Kier alpha value is -1.92. The van der Waals surface area contributed by atoms with Crippen molar-refractivity contribution in [3.63, 3.8) is 0 Å². The van der Waals surface area contributed by atoms with Crippen LogP contribution < -0.4 is 0 Å². The van der Waals surface area contributed by atoms with Crippen molar-refractivity contribution in [3.05, 3.63) is 42.0 Å². The van der Waals surface area contributed by atoms with Gasteiger partial charge in [-0.1, -0.05) is 63.3 Å². The summed E-state index contributed by atoms with van der Waals surface area (Å²) in [5, 5.41) is -0.00168. The molecule has 1 aromatic carbocycles. The van der Waals surface area contributed by atoms with Crippen molar-refractivity contribution in [3.8, 4) is 0 Å². The molecule has 0 spiro atoms. The van der Waals surface area contributed by atoms with Crippen LogP contribution in [0.25, 0.3) is 6.08 Å². The van der Waals surface area contributed by atoms with Gasteiger partial charge in [0.05, 0.1) is 13.2 Å². The summed E-state index contributed by atoms with van der Waals surface area (Å²) in [6.45, 7) is 16.6. The lowest BCUT2D eigenvalue weighted by Crippen LogP contribution is -2.47.